The SMILES string of the molecule is CCC=C1CCN(C(=O)O)C(C(=O)O)C1. The highest BCUT2D eigenvalue weighted by Crippen LogP contribution is 2.22. The number of amides is 1. The second kappa shape index (κ2) is 4.82. The van der Waals surface area contributed by atoms with E-state index in [1.54, 1.807) is 0 Å². The third kappa shape index (κ3) is 2.71. The number of likely N-dealkylation sites (tertiary alicyclic amines) is 1. The molecule has 0 aliphatic carbocycles. The summed E-state index contributed by atoms with van der Waals surface area (Å²) in [7, 11) is 0. The summed E-state index contributed by atoms with van der Waals surface area (Å²) in [6.45, 7) is 2.25. The summed E-state index contributed by atoms with van der Waals surface area (Å²) in [6.07, 6.45) is 2.64. The van der Waals surface area contributed by atoms with Gasteiger partial charge in [0.15, 0.2) is 0 Å². The summed E-state index contributed by atoms with van der Waals surface area (Å²) in [5.41, 5.74) is 1.04. The minimum absolute atomic E-state index is 0.276. The molecule has 1 amide bonds. The van der Waals surface area contributed by atoms with Crippen LogP contribution in [0.25, 0.3) is 0 Å². The van der Waals surface area contributed by atoms with Gasteiger partial charge in [-0.15, -0.1) is 0 Å². The van der Waals surface area contributed by atoms with Crippen molar-refractivity contribution in [2.75, 3.05) is 6.54 Å². The van der Waals surface area contributed by atoms with Crippen LogP contribution in [0.3, 0.4) is 0 Å². The molecule has 0 bridgehead atoms. The van der Waals surface area contributed by atoms with Crippen molar-refractivity contribution < 1.29 is 19.8 Å². The van der Waals surface area contributed by atoms with Crippen LogP contribution in [0.4, 0.5) is 4.79 Å². The van der Waals surface area contributed by atoms with Gasteiger partial charge in [-0.1, -0.05) is 18.6 Å². The molecule has 1 aliphatic heterocycles. The van der Waals surface area contributed by atoms with Crippen LogP contribution < -0.4 is 0 Å². The van der Waals surface area contributed by atoms with Crippen molar-refractivity contribution in [3.8, 4) is 0 Å². The first kappa shape index (κ1) is 11.6. The molecule has 15 heavy (non-hydrogen) atoms. The van der Waals surface area contributed by atoms with Crippen LogP contribution in [0.15, 0.2) is 11.6 Å². The normalized spacial score (nSPS) is 24.2. The molecule has 1 rings (SSSR count). The van der Waals surface area contributed by atoms with Gasteiger partial charge in [0.05, 0.1) is 0 Å². The maximum absolute atomic E-state index is 10.9. The van der Waals surface area contributed by atoms with Gasteiger partial charge in [-0.2, -0.15) is 0 Å². The van der Waals surface area contributed by atoms with Gasteiger partial charge in [-0.25, -0.2) is 9.59 Å². The second-order valence-electron chi connectivity index (χ2n) is 3.55. The zero-order valence-corrected chi connectivity index (χ0v) is 8.64. The molecule has 84 valence electrons. The quantitative estimate of drug-likeness (QED) is 0.682. The molecule has 5 nitrogen and oxygen atoms in total. The first-order valence-electron chi connectivity index (χ1n) is 4.96. The Kier molecular flexibility index (Phi) is 3.71. The lowest BCUT2D eigenvalue weighted by molar-refractivity contribution is -0.143. The van der Waals surface area contributed by atoms with Gasteiger partial charge >= 0.3 is 12.1 Å². The van der Waals surface area contributed by atoms with Gasteiger partial charge in [0, 0.05) is 6.54 Å². The monoisotopic (exact) mass is 213 g/mol. The van der Waals surface area contributed by atoms with E-state index >= 15 is 0 Å². The Hall–Kier alpha value is -1.52. The minimum atomic E-state index is -1.15. The first-order chi connectivity index (χ1) is 7.06. The maximum atomic E-state index is 10.9. The zero-order valence-electron chi connectivity index (χ0n) is 8.64. The molecule has 0 aromatic carbocycles. The molecule has 1 fully saturated rings. The summed E-state index contributed by atoms with van der Waals surface area (Å²) in [5, 5.41) is 17.7. The standard InChI is InChI=1S/C10H15NO4/c1-2-3-7-4-5-11(10(14)15)8(6-7)9(12)13/h3,8H,2,4-6H2,1H3,(H,12,13)(H,14,15). The van der Waals surface area contributed by atoms with Gasteiger partial charge in [-0.05, 0) is 19.3 Å². The summed E-state index contributed by atoms with van der Waals surface area (Å²) >= 11 is 0. The lowest BCUT2D eigenvalue weighted by Crippen LogP contribution is -2.47. The van der Waals surface area contributed by atoms with E-state index in [-0.39, 0.29) is 6.54 Å². The number of hydrogen-bond donors (Lipinski definition) is 2. The summed E-state index contributed by atoms with van der Waals surface area (Å²) in [6, 6.07) is -0.922. The maximum Gasteiger partial charge on any atom is 0.408 e. The number of piperidine rings is 1. The Balaban J connectivity index is 2.78. The van der Waals surface area contributed by atoms with Gasteiger partial charge in [-0.3, -0.25) is 4.90 Å². The highest BCUT2D eigenvalue weighted by molar-refractivity contribution is 5.80. The van der Waals surface area contributed by atoms with Crippen molar-refractivity contribution in [3.63, 3.8) is 0 Å². The molecule has 0 spiro atoms. The molecule has 1 saturated heterocycles. The van der Waals surface area contributed by atoms with Gasteiger partial charge in [0.2, 0.25) is 0 Å². The second-order valence-corrected chi connectivity index (χ2v) is 3.55. The van der Waals surface area contributed by atoms with E-state index in [0.29, 0.717) is 12.8 Å². The van der Waals surface area contributed by atoms with Crippen molar-refractivity contribution >= 4 is 12.1 Å². The molecular weight excluding hydrogens is 198 g/mol. The lowest BCUT2D eigenvalue weighted by Gasteiger charge is -2.32. The van der Waals surface area contributed by atoms with Crippen molar-refractivity contribution in [1.82, 2.24) is 4.90 Å². The molecule has 1 heterocycles. The number of hydrogen-bond acceptors (Lipinski definition) is 2. The molecule has 5 heteroatoms. The van der Waals surface area contributed by atoms with Crippen LogP contribution in [0.5, 0.6) is 0 Å². The lowest BCUT2D eigenvalue weighted by atomic mass is 9.96. The molecule has 0 saturated carbocycles. The highest BCUT2D eigenvalue weighted by atomic mass is 16.4. The first-order valence-corrected chi connectivity index (χ1v) is 4.96. The third-order valence-corrected chi connectivity index (χ3v) is 2.53. The van der Waals surface area contributed by atoms with Crippen molar-refractivity contribution in [1.29, 1.82) is 0 Å². The van der Waals surface area contributed by atoms with E-state index in [0.717, 1.165) is 16.9 Å². The summed E-state index contributed by atoms with van der Waals surface area (Å²) in [5.74, 6) is -1.07. The average Bonchev–Trinajstić information content (AvgIpc) is 2.17. The number of aliphatic carboxylic acids is 1. The number of carboxylic acid groups (broad SMARTS) is 2. The molecule has 0 radical (unpaired) electrons. The zero-order chi connectivity index (χ0) is 11.4. The topological polar surface area (TPSA) is 77.8 Å². The van der Waals surface area contributed by atoms with Gasteiger partial charge < -0.3 is 10.2 Å². The van der Waals surface area contributed by atoms with E-state index in [4.69, 9.17) is 10.2 Å². The van der Waals surface area contributed by atoms with Crippen LogP contribution in [0.1, 0.15) is 26.2 Å². The van der Waals surface area contributed by atoms with Crippen LogP contribution >= 0.6 is 0 Å². The van der Waals surface area contributed by atoms with Crippen LogP contribution in [-0.4, -0.2) is 39.8 Å². The number of carboxylic acids is 1. The van der Waals surface area contributed by atoms with Gasteiger partial charge in [0.25, 0.3) is 0 Å². The van der Waals surface area contributed by atoms with Crippen molar-refractivity contribution in [3.05, 3.63) is 11.6 Å². The Labute approximate surface area is 88.0 Å². The van der Waals surface area contributed by atoms with Crippen LogP contribution in [-0.2, 0) is 4.79 Å². The van der Waals surface area contributed by atoms with Gasteiger partial charge in [0.1, 0.15) is 6.04 Å². The van der Waals surface area contributed by atoms with E-state index in [1.807, 2.05) is 13.0 Å². The Morgan fingerprint density at radius 2 is 2.20 bits per heavy atom. The summed E-state index contributed by atoms with van der Waals surface area (Å²) in [4.78, 5) is 22.7. The van der Waals surface area contributed by atoms with Crippen LogP contribution in [0, 0.1) is 0 Å². The Bertz CT molecular complexity index is 298. The van der Waals surface area contributed by atoms with E-state index in [9.17, 15) is 9.59 Å². The fourth-order valence-corrected chi connectivity index (χ4v) is 1.80. The largest absolute Gasteiger partial charge is 0.480 e. The molecule has 1 unspecified atom stereocenters. The smallest absolute Gasteiger partial charge is 0.408 e. The molecule has 1 atom stereocenters. The van der Waals surface area contributed by atoms with Crippen molar-refractivity contribution in [2.45, 2.75) is 32.2 Å². The van der Waals surface area contributed by atoms with E-state index in [2.05, 4.69) is 0 Å². The van der Waals surface area contributed by atoms with Crippen LogP contribution in [0.2, 0.25) is 0 Å². The summed E-state index contributed by atoms with van der Waals surface area (Å²) < 4.78 is 0. The minimum Gasteiger partial charge on any atom is -0.480 e. The van der Waals surface area contributed by atoms with Crippen molar-refractivity contribution in [2.24, 2.45) is 0 Å². The predicted octanol–water partition coefficient (Wildman–Crippen LogP) is 1.55. The number of carbonyl (C=O) groups is 2. The Morgan fingerprint density at radius 3 is 2.67 bits per heavy atom. The highest BCUT2D eigenvalue weighted by Gasteiger charge is 2.33. The number of rotatable bonds is 2. The van der Waals surface area contributed by atoms with E-state index in [1.165, 1.54) is 0 Å². The number of nitrogens with zero attached hydrogens (tertiary/aromatic N) is 1. The number of allylic oxidation sites excluding steroid dienone is 1. The molecule has 1 aliphatic rings. The molecule has 0 aromatic heterocycles. The predicted molar refractivity (Wildman–Crippen MR) is 53.8 cm³/mol. The third-order valence-electron chi connectivity index (χ3n) is 2.53. The molecule has 0 aromatic rings. The van der Waals surface area contributed by atoms with E-state index < -0.39 is 18.1 Å². The average molecular weight is 213 g/mol. The molecular formula is C10H15NO4. The fourth-order valence-electron chi connectivity index (χ4n) is 1.80. The Morgan fingerprint density at radius 1 is 1.53 bits per heavy atom. The molecule has 2 N–H and O–H groups in total. The fraction of sp³-hybridized carbons (Fsp3) is 0.600.